The molecule has 1 aromatic rings. The smallest absolute Gasteiger partial charge is 0.203 e. The summed E-state index contributed by atoms with van der Waals surface area (Å²) in [6.45, 7) is 1.79. The maximum Gasteiger partial charge on any atom is 0.203 e. The summed E-state index contributed by atoms with van der Waals surface area (Å²) in [5.41, 5.74) is 9.23. The van der Waals surface area contributed by atoms with Gasteiger partial charge in [-0.1, -0.05) is 12.0 Å². The summed E-state index contributed by atoms with van der Waals surface area (Å²) in [5, 5.41) is 3.63. The Kier molecular flexibility index (Phi) is 4.48. The zero-order valence-electron chi connectivity index (χ0n) is 10.3. The molecule has 0 aliphatic rings. The molecule has 1 atom stereocenters. The summed E-state index contributed by atoms with van der Waals surface area (Å²) in [6.07, 6.45) is 0. The average Bonchev–Trinajstić information content (AvgIpc) is 2.37. The molecule has 6 nitrogen and oxygen atoms in total. The molecule has 0 aliphatic carbocycles. The molecule has 0 N–H and O–H groups in total. The minimum absolute atomic E-state index is 0.297. The van der Waals surface area contributed by atoms with E-state index in [-0.39, 0.29) is 6.04 Å². The van der Waals surface area contributed by atoms with Gasteiger partial charge in [0.1, 0.15) is 0 Å². The summed E-state index contributed by atoms with van der Waals surface area (Å²) in [4.78, 5) is 2.78. The zero-order valence-corrected chi connectivity index (χ0v) is 10.3. The van der Waals surface area contributed by atoms with Crippen LogP contribution in [0.1, 0.15) is 18.5 Å². The van der Waals surface area contributed by atoms with Crippen molar-refractivity contribution >= 4 is 0 Å². The van der Waals surface area contributed by atoms with Crippen molar-refractivity contribution in [2.24, 2.45) is 5.11 Å². The molecule has 0 heterocycles. The molecule has 92 valence electrons. The van der Waals surface area contributed by atoms with E-state index in [1.165, 1.54) is 7.11 Å². The van der Waals surface area contributed by atoms with Crippen molar-refractivity contribution in [3.05, 3.63) is 28.1 Å². The van der Waals surface area contributed by atoms with Crippen molar-refractivity contribution in [3.8, 4) is 17.2 Å². The van der Waals surface area contributed by atoms with Crippen LogP contribution in [-0.2, 0) is 0 Å². The fraction of sp³-hybridized carbons (Fsp3) is 0.455. The van der Waals surface area contributed by atoms with Gasteiger partial charge in [0.2, 0.25) is 5.75 Å². The van der Waals surface area contributed by atoms with E-state index >= 15 is 0 Å². The average molecular weight is 237 g/mol. The molecule has 1 aromatic carbocycles. The van der Waals surface area contributed by atoms with Crippen molar-refractivity contribution in [3.63, 3.8) is 0 Å². The molecule has 0 radical (unpaired) electrons. The van der Waals surface area contributed by atoms with Crippen LogP contribution in [-0.4, -0.2) is 21.3 Å². The first-order valence-corrected chi connectivity index (χ1v) is 5.02. The van der Waals surface area contributed by atoms with Crippen molar-refractivity contribution in [2.45, 2.75) is 13.0 Å². The van der Waals surface area contributed by atoms with Crippen molar-refractivity contribution in [1.82, 2.24) is 0 Å². The largest absolute Gasteiger partial charge is 0.493 e. The molecule has 0 unspecified atom stereocenters. The van der Waals surface area contributed by atoms with Gasteiger partial charge in [0, 0.05) is 4.91 Å². The number of methoxy groups -OCH3 is 3. The fourth-order valence-corrected chi connectivity index (χ4v) is 1.49. The van der Waals surface area contributed by atoms with Crippen molar-refractivity contribution in [1.29, 1.82) is 0 Å². The van der Waals surface area contributed by atoms with Crippen molar-refractivity contribution in [2.75, 3.05) is 21.3 Å². The molecule has 0 bridgehead atoms. The first kappa shape index (κ1) is 13.0. The topological polar surface area (TPSA) is 76.5 Å². The normalized spacial score (nSPS) is 11.3. The molecule has 0 saturated carbocycles. The highest BCUT2D eigenvalue weighted by molar-refractivity contribution is 5.54. The lowest BCUT2D eigenvalue weighted by atomic mass is 10.1. The SMILES string of the molecule is COc1cc([C@@H](C)N=[N+]=[N-])cc(OC)c1OC. The summed E-state index contributed by atoms with van der Waals surface area (Å²) in [6, 6.07) is 3.23. The number of azide groups is 1. The van der Waals surface area contributed by atoms with E-state index in [1.807, 2.05) is 0 Å². The molecule has 0 aromatic heterocycles. The van der Waals surface area contributed by atoms with Crippen LogP contribution in [0.3, 0.4) is 0 Å². The Bertz CT molecular complexity index is 417. The minimum Gasteiger partial charge on any atom is -0.493 e. The molecular weight excluding hydrogens is 222 g/mol. The second-order valence-corrected chi connectivity index (χ2v) is 3.34. The van der Waals surface area contributed by atoms with Crippen molar-refractivity contribution < 1.29 is 14.2 Å². The Morgan fingerprint density at radius 2 is 1.65 bits per heavy atom. The molecule has 6 heteroatoms. The lowest BCUT2D eigenvalue weighted by molar-refractivity contribution is 0.323. The van der Waals surface area contributed by atoms with Crippen LogP contribution in [0.25, 0.3) is 10.4 Å². The monoisotopic (exact) mass is 237 g/mol. The van der Waals surface area contributed by atoms with E-state index in [2.05, 4.69) is 10.0 Å². The highest BCUT2D eigenvalue weighted by Crippen LogP contribution is 2.40. The minimum atomic E-state index is -0.297. The molecule has 0 aliphatic heterocycles. The van der Waals surface area contributed by atoms with Crippen LogP contribution in [0.15, 0.2) is 17.2 Å². The van der Waals surface area contributed by atoms with Crippen LogP contribution < -0.4 is 14.2 Å². The molecular formula is C11H15N3O3. The van der Waals surface area contributed by atoms with Gasteiger partial charge in [-0.05, 0) is 23.2 Å². The Hall–Kier alpha value is -2.07. The van der Waals surface area contributed by atoms with Gasteiger partial charge in [0.15, 0.2) is 11.5 Å². The highest BCUT2D eigenvalue weighted by atomic mass is 16.5. The lowest BCUT2D eigenvalue weighted by Crippen LogP contribution is -1.98. The quantitative estimate of drug-likeness (QED) is 0.448. The summed E-state index contributed by atoms with van der Waals surface area (Å²) in [5.74, 6) is 1.61. The third-order valence-corrected chi connectivity index (χ3v) is 2.39. The molecule has 0 fully saturated rings. The zero-order chi connectivity index (χ0) is 12.8. The third-order valence-electron chi connectivity index (χ3n) is 2.39. The van der Waals surface area contributed by atoms with Crippen LogP contribution in [0, 0.1) is 0 Å². The van der Waals surface area contributed by atoms with E-state index in [9.17, 15) is 0 Å². The first-order chi connectivity index (χ1) is 8.17. The van der Waals surface area contributed by atoms with Gasteiger partial charge in [-0.25, -0.2) is 0 Å². The highest BCUT2D eigenvalue weighted by Gasteiger charge is 2.15. The maximum atomic E-state index is 8.42. The predicted molar refractivity (Wildman–Crippen MR) is 63.7 cm³/mol. The van der Waals surface area contributed by atoms with Gasteiger partial charge in [0.25, 0.3) is 0 Å². The van der Waals surface area contributed by atoms with E-state index in [0.29, 0.717) is 17.2 Å². The Morgan fingerprint density at radius 3 is 2.00 bits per heavy atom. The van der Waals surface area contributed by atoms with Gasteiger partial charge in [0.05, 0.1) is 27.4 Å². The molecule has 0 saturated heterocycles. The third kappa shape index (κ3) is 2.73. The summed E-state index contributed by atoms with van der Waals surface area (Å²) in [7, 11) is 4.62. The number of nitrogens with zero attached hydrogens (tertiary/aromatic N) is 3. The molecule has 0 amide bonds. The second kappa shape index (κ2) is 5.86. The lowest BCUT2D eigenvalue weighted by Gasteiger charge is -2.15. The van der Waals surface area contributed by atoms with Crippen LogP contribution in [0.5, 0.6) is 17.2 Å². The number of benzene rings is 1. The van der Waals surface area contributed by atoms with Gasteiger partial charge >= 0.3 is 0 Å². The summed E-state index contributed by atoms with van der Waals surface area (Å²) < 4.78 is 15.6. The van der Waals surface area contributed by atoms with E-state index in [1.54, 1.807) is 33.3 Å². The van der Waals surface area contributed by atoms with Gasteiger partial charge in [-0.2, -0.15) is 0 Å². The molecule has 17 heavy (non-hydrogen) atoms. The van der Waals surface area contributed by atoms with E-state index in [0.717, 1.165) is 5.56 Å². The Morgan fingerprint density at radius 1 is 1.12 bits per heavy atom. The molecule has 1 rings (SSSR count). The fourth-order valence-electron chi connectivity index (χ4n) is 1.49. The van der Waals surface area contributed by atoms with Crippen LogP contribution in [0.4, 0.5) is 0 Å². The standard InChI is InChI=1S/C11H15N3O3/c1-7(13-14-12)8-5-9(15-2)11(17-4)10(6-8)16-3/h5-7H,1-4H3/t7-/m1/s1. The van der Waals surface area contributed by atoms with Gasteiger partial charge < -0.3 is 14.2 Å². The van der Waals surface area contributed by atoms with Crippen LogP contribution in [0.2, 0.25) is 0 Å². The van der Waals surface area contributed by atoms with Gasteiger partial charge in [-0.3, -0.25) is 0 Å². The van der Waals surface area contributed by atoms with Gasteiger partial charge in [-0.15, -0.1) is 0 Å². The Labute approximate surface area is 99.7 Å². The number of ether oxygens (including phenoxy) is 3. The second-order valence-electron chi connectivity index (χ2n) is 3.34. The van der Waals surface area contributed by atoms with Crippen LogP contribution >= 0.6 is 0 Å². The first-order valence-electron chi connectivity index (χ1n) is 5.02. The number of hydrogen-bond donors (Lipinski definition) is 0. The molecule has 0 spiro atoms. The van der Waals surface area contributed by atoms with E-state index < -0.39 is 0 Å². The predicted octanol–water partition coefficient (Wildman–Crippen LogP) is 3.08. The number of rotatable bonds is 5. The Balaban J connectivity index is 3.31. The number of hydrogen-bond acceptors (Lipinski definition) is 4. The maximum absolute atomic E-state index is 8.42. The summed E-state index contributed by atoms with van der Waals surface area (Å²) >= 11 is 0. The van der Waals surface area contributed by atoms with E-state index in [4.69, 9.17) is 19.7 Å².